The van der Waals surface area contributed by atoms with Crippen LogP contribution in [0.5, 0.6) is 0 Å². The van der Waals surface area contributed by atoms with Crippen molar-refractivity contribution in [1.29, 1.82) is 0 Å². The molecule has 0 radical (unpaired) electrons. The number of tetrazole rings is 1. The molecule has 2 heterocycles. The number of amides is 2. The van der Waals surface area contributed by atoms with Crippen LogP contribution in [0.1, 0.15) is 20.3 Å². The molecule has 0 bridgehead atoms. The average Bonchev–Trinajstić information content (AvgIpc) is 3.06. The number of anilines is 1. The number of carbonyl (C=O) groups excluding carboxylic acids is 2. The molecule has 2 rings (SSSR count). The molecular weight excluding hydrogens is 288 g/mol. The van der Waals surface area contributed by atoms with E-state index in [1.807, 2.05) is 13.8 Å². The molecule has 1 saturated heterocycles. The largest absolute Gasteiger partial charge is 0.367 e. The van der Waals surface area contributed by atoms with Gasteiger partial charge in [-0.15, -0.1) is 0 Å². The van der Waals surface area contributed by atoms with Crippen LogP contribution in [0.2, 0.25) is 0 Å². The topological polar surface area (TPSA) is 136 Å². The average molecular weight is 310 g/mol. The highest BCUT2D eigenvalue weighted by atomic mass is 16.2. The predicted octanol–water partition coefficient (Wildman–Crippen LogP) is -1.95. The first-order valence-electron chi connectivity index (χ1n) is 7.33. The van der Waals surface area contributed by atoms with E-state index in [2.05, 4.69) is 15.5 Å². The SMILES string of the molecule is CCN(CC)C(=O)[C@@H]1C[C@@H](N)CN1C(=O)Cn1nnnc1N. The number of nitrogen functional groups attached to an aromatic ring is 1. The number of rotatable bonds is 5. The van der Waals surface area contributed by atoms with E-state index >= 15 is 0 Å². The molecule has 1 fully saturated rings. The molecule has 2 atom stereocenters. The highest BCUT2D eigenvalue weighted by molar-refractivity contribution is 5.88. The van der Waals surface area contributed by atoms with Gasteiger partial charge in [-0.3, -0.25) is 9.59 Å². The maximum absolute atomic E-state index is 12.5. The van der Waals surface area contributed by atoms with Crippen LogP contribution in [-0.2, 0) is 16.1 Å². The molecule has 122 valence electrons. The van der Waals surface area contributed by atoms with Crippen molar-refractivity contribution in [3.63, 3.8) is 0 Å². The number of aromatic nitrogens is 4. The molecule has 1 aliphatic heterocycles. The van der Waals surface area contributed by atoms with Gasteiger partial charge in [0.05, 0.1) is 0 Å². The molecule has 1 aliphatic rings. The first-order chi connectivity index (χ1) is 10.5. The molecule has 2 amide bonds. The van der Waals surface area contributed by atoms with Crippen LogP contribution in [0.3, 0.4) is 0 Å². The normalized spacial score (nSPS) is 21.1. The van der Waals surface area contributed by atoms with Crippen molar-refractivity contribution in [3.05, 3.63) is 0 Å². The molecule has 0 saturated carbocycles. The molecule has 10 nitrogen and oxygen atoms in total. The number of hydrogen-bond acceptors (Lipinski definition) is 7. The lowest BCUT2D eigenvalue weighted by Gasteiger charge is -2.28. The number of nitrogens with zero attached hydrogens (tertiary/aromatic N) is 6. The van der Waals surface area contributed by atoms with Gasteiger partial charge in [0, 0.05) is 25.7 Å². The lowest BCUT2D eigenvalue weighted by molar-refractivity contribution is -0.144. The van der Waals surface area contributed by atoms with Gasteiger partial charge in [0.2, 0.25) is 17.8 Å². The maximum atomic E-state index is 12.5. The lowest BCUT2D eigenvalue weighted by atomic mass is 10.1. The van der Waals surface area contributed by atoms with E-state index < -0.39 is 6.04 Å². The second-order valence-corrected chi connectivity index (χ2v) is 5.26. The molecule has 10 heteroatoms. The predicted molar refractivity (Wildman–Crippen MR) is 78.3 cm³/mol. The summed E-state index contributed by atoms with van der Waals surface area (Å²) in [7, 11) is 0. The summed E-state index contributed by atoms with van der Waals surface area (Å²) in [4.78, 5) is 28.2. The Bertz CT molecular complexity index is 541. The van der Waals surface area contributed by atoms with Crippen LogP contribution in [0, 0.1) is 0 Å². The second kappa shape index (κ2) is 6.69. The standard InChI is InChI=1S/C12H22N8O2/c1-3-18(4-2)11(22)9-5-8(13)6-19(9)10(21)7-20-12(14)15-16-17-20/h8-9H,3-7,13H2,1-2H3,(H2,14,15,17)/t8-,9+/m1/s1. The van der Waals surface area contributed by atoms with E-state index in [1.54, 1.807) is 4.90 Å². The Morgan fingerprint density at radius 2 is 2.05 bits per heavy atom. The molecule has 0 aromatic carbocycles. The fourth-order valence-corrected chi connectivity index (χ4v) is 2.67. The molecule has 1 aromatic heterocycles. The number of nitrogens with two attached hydrogens (primary N) is 2. The Morgan fingerprint density at radius 3 is 2.59 bits per heavy atom. The van der Waals surface area contributed by atoms with Crippen molar-refractivity contribution in [2.75, 3.05) is 25.4 Å². The van der Waals surface area contributed by atoms with E-state index in [0.717, 1.165) is 0 Å². The third kappa shape index (κ3) is 3.16. The summed E-state index contributed by atoms with van der Waals surface area (Å²) >= 11 is 0. The van der Waals surface area contributed by atoms with E-state index in [4.69, 9.17) is 11.5 Å². The summed E-state index contributed by atoms with van der Waals surface area (Å²) in [5.74, 6) is -0.281. The van der Waals surface area contributed by atoms with Crippen LogP contribution in [0.15, 0.2) is 0 Å². The Labute approximate surface area is 128 Å². The van der Waals surface area contributed by atoms with Crippen molar-refractivity contribution in [2.24, 2.45) is 5.73 Å². The molecule has 4 N–H and O–H groups in total. The van der Waals surface area contributed by atoms with Crippen molar-refractivity contribution < 1.29 is 9.59 Å². The van der Waals surface area contributed by atoms with Crippen LogP contribution in [0.25, 0.3) is 0 Å². The summed E-state index contributed by atoms with van der Waals surface area (Å²) in [6.45, 7) is 5.26. The Morgan fingerprint density at radius 1 is 1.36 bits per heavy atom. The van der Waals surface area contributed by atoms with Gasteiger partial charge in [0.15, 0.2) is 0 Å². The molecular formula is C12H22N8O2. The number of likely N-dealkylation sites (tertiary alicyclic amines) is 1. The third-order valence-electron chi connectivity index (χ3n) is 3.86. The van der Waals surface area contributed by atoms with Gasteiger partial charge in [-0.25, -0.2) is 4.68 Å². The van der Waals surface area contributed by atoms with Crippen LogP contribution in [0.4, 0.5) is 5.95 Å². The van der Waals surface area contributed by atoms with Gasteiger partial charge in [-0.1, -0.05) is 5.10 Å². The Balaban J connectivity index is 2.11. The fraction of sp³-hybridized carbons (Fsp3) is 0.750. The number of likely N-dealkylation sites (N-methyl/N-ethyl adjacent to an activating group) is 1. The molecule has 0 aliphatic carbocycles. The van der Waals surface area contributed by atoms with Gasteiger partial charge in [-0.05, 0) is 30.7 Å². The van der Waals surface area contributed by atoms with Gasteiger partial charge in [0.25, 0.3) is 0 Å². The summed E-state index contributed by atoms with van der Waals surface area (Å²) in [6, 6.07) is -0.736. The zero-order valence-corrected chi connectivity index (χ0v) is 12.8. The fourth-order valence-electron chi connectivity index (χ4n) is 2.67. The van der Waals surface area contributed by atoms with E-state index in [-0.39, 0.29) is 30.3 Å². The molecule has 0 spiro atoms. The van der Waals surface area contributed by atoms with Gasteiger partial charge in [-0.2, -0.15) is 0 Å². The van der Waals surface area contributed by atoms with Crippen LogP contribution >= 0.6 is 0 Å². The van der Waals surface area contributed by atoms with E-state index in [1.165, 1.54) is 9.58 Å². The van der Waals surface area contributed by atoms with E-state index in [9.17, 15) is 9.59 Å². The lowest BCUT2D eigenvalue weighted by Crippen LogP contribution is -2.48. The minimum Gasteiger partial charge on any atom is -0.367 e. The first kappa shape index (κ1) is 16.1. The summed E-state index contributed by atoms with van der Waals surface area (Å²) < 4.78 is 1.20. The van der Waals surface area contributed by atoms with Crippen LogP contribution < -0.4 is 11.5 Å². The highest BCUT2D eigenvalue weighted by Crippen LogP contribution is 2.19. The van der Waals surface area contributed by atoms with Crippen molar-refractivity contribution in [2.45, 2.75) is 38.9 Å². The quantitative estimate of drug-likeness (QED) is 0.645. The van der Waals surface area contributed by atoms with E-state index in [0.29, 0.717) is 26.1 Å². The minimum atomic E-state index is -0.528. The highest BCUT2D eigenvalue weighted by Gasteiger charge is 2.39. The summed E-state index contributed by atoms with van der Waals surface area (Å²) in [6.07, 6.45) is 0.464. The van der Waals surface area contributed by atoms with Gasteiger partial charge in [0.1, 0.15) is 12.6 Å². The summed E-state index contributed by atoms with van der Waals surface area (Å²) in [5, 5.41) is 10.6. The third-order valence-corrected chi connectivity index (χ3v) is 3.86. The number of carbonyl (C=O) groups is 2. The number of hydrogen-bond donors (Lipinski definition) is 2. The Kier molecular flexibility index (Phi) is 4.91. The van der Waals surface area contributed by atoms with Crippen molar-refractivity contribution in [1.82, 2.24) is 30.0 Å². The monoisotopic (exact) mass is 310 g/mol. The minimum absolute atomic E-state index is 0.0588. The molecule has 1 aromatic rings. The first-order valence-corrected chi connectivity index (χ1v) is 7.33. The smallest absolute Gasteiger partial charge is 0.245 e. The zero-order valence-electron chi connectivity index (χ0n) is 12.8. The van der Waals surface area contributed by atoms with Crippen molar-refractivity contribution >= 4 is 17.8 Å². The zero-order chi connectivity index (χ0) is 16.3. The van der Waals surface area contributed by atoms with Gasteiger partial charge < -0.3 is 21.3 Å². The second-order valence-electron chi connectivity index (χ2n) is 5.26. The molecule has 22 heavy (non-hydrogen) atoms. The van der Waals surface area contributed by atoms with Gasteiger partial charge >= 0.3 is 0 Å². The Hall–Kier alpha value is -2.23. The summed E-state index contributed by atoms with van der Waals surface area (Å²) in [5.41, 5.74) is 11.5. The van der Waals surface area contributed by atoms with Crippen LogP contribution in [-0.4, -0.2) is 73.5 Å². The van der Waals surface area contributed by atoms with Crippen molar-refractivity contribution in [3.8, 4) is 0 Å². The molecule has 0 unspecified atom stereocenters. The maximum Gasteiger partial charge on any atom is 0.245 e.